The maximum atomic E-state index is 12.3. The number of fused-ring (bicyclic) bond motifs is 2. The molecule has 2 fully saturated rings. The minimum absolute atomic E-state index is 0.0476. The topological polar surface area (TPSA) is 64.6 Å². The van der Waals surface area contributed by atoms with Crippen LogP contribution in [0.15, 0.2) is 30.3 Å². The molecular formula is C17H21NO4. The average Bonchev–Trinajstić information content (AvgIpc) is 2.90. The summed E-state index contributed by atoms with van der Waals surface area (Å²) in [6, 6.07) is 9.25. The summed E-state index contributed by atoms with van der Waals surface area (Å²) >= 11 is 0. The van der Waals surface area contributed by atoms with Gasteiger partial charge in [0.1, 0.15) is 12.0 Å². The molecule has 0 aromatic heterocycles. The number of piperidine rings is 1. The second kappa shape index (κ2) is 6.48. The number of ether oxygens (including phenoxy) is 2. The van der Waals surface area contributed by atoms with Crippen molar-refractivity contribution in [1.82, 2.24) is 5.32 Å². The third-order valence-electron chi connectivity index (χ3n) is 4.45. The quantitative estimate of drug-likeness (QED) is 0.861. The highest BCUT2D eigenvalue weighted by Crippen LogP contribution is 2.34. The molecule has 0 aliphatic carbocycles. The molecule has 5 heteroatoms. The van der Waals surface area contributed by atoms with E-state index in [0.29, 0.717) is 24.6 Å². The lowest BCUT2D eigenvalue weighted by Crippen LogP contribution is -2.53. The molecule has 2 saturated heterocycles. The van der Waals surface area contributed by atoms with E-state index < -0.39 is 12.0 Å². The Bertz CT molecular complexity index is 545. The highest BCUT2D eigenvalue weighted by molar-refractivity contribution is 5.89. The molecule has 4 atom stereocenters. The van der Waals surface area contributed by atoms with Crippen molar-refractivity contribution in [3.8, 4) is 0 Å². The summed E-state index contributed by atoms with van der Waals surface area (Å²) in [4.78, 5) is 24.5. The standard InChI is InChI=1S/C17H21NO4/c1-2-21-17(20)15-13-9-8-12(18-13)10-14(15)22-16(19)11-6-4-3-5-7-11/h3-7,12-15,18H,2,8-10H2,1H3/t12-,13+,14-,15+/m0/s1. The Morgan fingerprint density at radius 1 is 1.23 bits per heavy atom. The van der Waals surface area contributed by atoms with E-state index in [1.165, 1.54) is 0 Å². The Hall–Kier alpha value is -1.88. The summed E-state index contributed by atoms with van der Waals surface area (Å²) < 4.78 is 10.8. The molecule has 2 aliphatic heterocycles. The lowest BCUT2D eigenvalue weighted by Gasteiger charge is -2.35. The summed E-state index contributed by atoms with van der Waals surface area (Å²) in [5.41, 5.74) is 0.510. The Labute approximate surface area is 130 Å². The first-order chi connectivity index (χ1) is 10.7. The molecule has 1 N–H and O–H groups in total. The van der Waals surface area contributed by atoms with E-state index in [0.717, 1.165) is 12.8 Å². The summed E-state index contributed by atoms with van der Waals surface area (Å²) in [6.07, 6.45) is 2.19. The van der Waals surface area contributed by atoms with E-state index in [2.05, 4.69) is 5.32 Å². The molecule has 2 heterocycles. The van der Waals surface area contributed by atoms with Crippen LogP contribution < -0.4 is 5.32 Å². The largest absolute Gasteiger partial charge is 0.466 e. The third-order valence-corrected chi connectivity index (χ3v) is 4.45. The van der Waals surface area contributed by atoms with Crippen LogP contribution in [0.5, 0.6) is 0 Å². The molecular weight excluding hydrogens is 282 g/mol. The molecule has 1 aromatic carbocycles. The van der Waals surface area contributed by atoms with E-state index in [1.807, 2.05) is 6.07 Å². The predicted molar refractivity (Wildman–Crippen MR) is 80.3 cm³/mol. The van der Waals surface area contributed by atoms with E-state index in [1.54, 1.807) is 31.2 Å². The van der Waals surface area contributed by atoms with Crippen molar-refractivity contribution in [2.24, 2.45) is 5.92 Å². The molecule has 5 nitrogen and oxygen atoms in total. The highest BCUT2D eigenvalue weighted by atomic mass is 16.6. The van der Waals surface area contributed by atoms with E-state index >= 15 is 0 Å². The minimum atomic E-state index is -0.412. The second-order valence-corrected chi connectivity index (χ2v) is 5.87. The number of nitrogens with one attached hydrogen (secondary N) is 1. The van der Waals surface area contributed by atoms with Gasteiger partial charge in [-0.3, -0.25) is 4.79 Å². The maximum absolute atomic E-state index is 12.3. The van der Waals surface area contributed by atoms with Gasteiger partial charge < -0.3 is 14.8 Å². The lowest BCUT2D eigenvalue weighted by atomic mass is 9.89. The van der Waals surface area contributed by atoms with Crippen LogP contribution in [0.4, 0.5) is 0 Å². The minimum Gasteiger partial charge on any atom is -0.466 e. The predicted octanol–water partition coefficient (Wildman–Crippen LogP) is 1.92. The number of rotatable bonds is 4. The SMILES string of the molecule is CCOC(=O)[C@H]1[C@@H](OC(=O)c2ccccc2)C[C@@H]2CC[C@H]1N2. The molecule has 1 aromatic rings. The van der Waals surface area contributed by atoms with Crippen LogP contribution in [0.2, 0.25) is 0 Å². The Morgan fingerprint density at radius 2 is 2.00 bits per heavy atom. The summed E-state index contributed by atoms with van der Waals surface area (Å²) in [5.74, 6) is -1.06. The average molecular weight is 303 g/mol. The molecule has 0 spiro atoms. The molecule has 0 saturated carbocycles. The molecule has 0 unspecified atom stereocenters. The summed E-state index contributed by atoms with van der Waals surface area (Å²) in [5, 5.41) is 3.43. The normalized spacial score (nSPS) is 29.9. The molecule has 118 valence electrons. The number of benzene rings is 1. The zero-order chi connectivity index (χ0) is 15.5. The van der Waals surface area contributed by atoms with Gasteiger partial charge in [0.15, 0.2) is 0 Å². The fourth-order valence-electron chi connectivity index (χ4n) is 3.46. The van der Waals surface area contributed by atoms with Crippen LogP contribution in [0.3, 0.4) is 0 Å². The van der Waals surface area contributed by atoms with Gasteiger partial charge in [0, 0.05) is 18.5 Å². The molecule has 22 heavy (non-hydrogen) atoms. The zero-order valence-electron chi connectivity index (χ0n) is 12.7. The molecule has 2 bridgehead atoms. The van der Waals surface area contributed by atoms with Gasteiger partial charge in [-0.05, 0) is 31.9 Å². The monoisotopic (exact) mass is 303 g/mol. The summed E-state index contributed by atoms with van der Waals surface area (Å²) in [7, 11) is 0. The van der Waals surface area contributed by atoms with Crippen molar-refractivity contribution in [2.45, 2.75) is 44.4 Å². The van der Waals surface area contributed by atoms with Crippen molar-refractivity contribution in [3.05, 3.63) is 35.9 Å². The van der Waals surface area contributed by atoms with Crippen LogP contribution in [0.25, 0.3) is 0 Å². The zero-order valence-corrected chi connectivity index (χ0v) is 12.7. The fraction of sp³-hybridized carbons (Fsp3) is 0.529. The van der Waals surface area contributed by atoms with Crippen molar-refractivity contribution in [2.75, 3.05) is 6.61 Å². The second-order valence-electron chi connectivity index (χ2n) is 5.87. The lowest BCUT2D eigenvalue weighted by molar-refractivity contribution is -0.155. The highest BCUT2D eigenvalue weighted by Gasteiger charge is 2.47. The van der Waals surface area contributed by atoms with Crippen LogP contribution >= 0.6 is 0 Å². The number of hydrogen-bond acceptors (Lipinski definition) is 5. The summed E-state index contributed by atoms with van der Waals surface area (Å²) in [6.45, 7) is 2.13. The molecule has 0 radical (unpaired) electrons. The number of carbonyl (C=O) groups excluding carboxylic acids is 2. The van der Waals surface area contributed by atoms with Crippen molar-refractivity contribution >= 4 is 11.9 Å². The first kappa shape index (κ1) is 15.0. The first-order valence-corrected chi connectivity index (χ1v) is 7.87. The van der Waals surface area contributed by atoms with Crippen molar-refractivity contribution < 1.29 is 19.1 Å². The van der Waals surface area contributed by atoms with Gasteiger partial charge in [0.2, 0.25) is 0 Å². The van der Waals surface area contributed by atoms with Gasteiger partial charge >= 0.3 is 11.9 Å². The van der Waals surface area contributed by atoms with Crippen LogP contribution in [0.1, 0.15) is 36.5 Å². The smallest absolute Gasteiger partial charge is 0.338 e. The Morgan fingerprint density at radius 3 is 2.73 bits per heavy atom. The molecule has 2 aliphatic rings. The number of hydrogen-bond donors (Lipinski definition) is 1. The van der Waals surface area contributed by atoms with E-state index in [-0.39, 0.29) is 18.0 Å². The number of carbonyl (C=O) groups is 2. The van der Waals surface area contributed by atoms with Crippen molar-refractivity contribution in [1.29, 1.82) is 0 Å². The van der Waals surface area contributed by atoms with Crippen LogP contribution in [-0.4, -0.2) is 36.7 Å². The first-order valence-electron chi connectivity index (χ1n) is 7.87. The molecule has 3 rings (SSSR count). The maximum Gasteiger partial charge on any atom is 0.338 e. The Kier molecular flexibility index (Phi) is 4.43. The van der Waals surface area contributed by atoms with Gasteiger partial charge in [0.05, 0.1) is 12.2 Å². The van der Waals surface area contributed by atoms with Crippen molar-refractivity contribution in [3.63, 3.8) is 0 Å². The van der Waals surface area contributed by atoms with Crippen LogP contribution in [-0.2, 0) is 14.3 Å². The van der Waals surface area contributed by atoms with Gasteiger partial charge in [0.25, 0.3) is 0 Å². The third kappa shape index (κ3) is 2.99. The van der Waals surface area contributed by atoms with E-state index in [9.17, 15) is 9.59 Å². The van der Waals surface area contributed by atoms with Gasteiger partial charge in [-0.25, -0.2) is 4.79 Å². The van der Waals surface area contributed by atoms with Crippen LogP contribution in [0, 0.1) is 5.92 Å². The van der Waals surface area contributed by atoms with E-state index in [4.69, 9.17) is 9.47 Å². The van der Waals surface area contributed by atoms with Gasteiger partial charge in [-0.2, -0.15) is 0 Å². The van der Waals surface area contributed by atoms with Gasteiger partial charge in [-0.1, -0.05) is 18.2 Å². The number of esters is 2. The van der Waals surface area contributed by atoms with Gasteiger partial charge in [-0.15, -0.1) is 0 Å². The molecule has 0 amide bonds. The fourth-order valence-corrected chi connectivity index (χ4v) is 3.46. The Balaban J connectivity index is 1.75.